The molecule has 4 fully saturated rings. The fourth-order valence-corrected chi connectivity index (χ4v) is 8.53. The number of likely N-dealkylation sites (tertiary alicyclic amines) is 1. The molecule has 3 aromatic heterocycles. The third-order valence-corrected chi connectivity index (χ3v) is 11.8. The molecule has 4 aromatic rings. The second-order valence-electron chi connectivity index (χ2n) is 15.0. The van der Waals surface area contributed by atoms with Gasteiger partial charge >= 0.3 is 6.03 Å². The number of hydrogen-bond donors (Lipinski definition) is 2. The lowest BCUT2D eigenvalue weighted by atomic mass is 9.92. The minimum Gasteiger partial charge on any atom is -0.490 e. The zero-order chi connectivity index (χ0) is 37.9. The minimum atomic E-state index is -0.422. The highest BCUT2D eigenvalue weighted by molar-refractivity contribution is 6.31. The highest BCUT2D eigenvalue weighted by Gasteiger charge is 2.30. The number of amides is 4. The Kier molecular flexibility index (Phi) is 10.8. The second-order valence-corrected chi connectivity index (χ2v) is 15.4. The van der Waals surface area contributed by atoms with Gasteiger partial charge in [-0.05, 0) is 69.4 Å². The van der Waals surface area contributed by atoms with Crippen LogP contribution in [-0.4, -0.2) is 98.9 Å². The van der Waals surface area contributed by atoms with Crippen LogP contribution in [0.2, 0.25) is 5.02 Å². The van der Waals surface area contributed by atoms with Crippen molar-refractivity contribution in [1.82, 2.24) is 40.3 Å². The fraction of sp³-hybridized carbons (Fsp3) is 0.487. The van der Waals surface area contributed by atoms with E-state index in [-0.39, 0.29) is 36.4 Å². The summed E-state index contributed by atoms with van der Waals surface area (Å²) in [5.41, 5.74) is 2.46. The van der Waals surface area contributed by atoms with Gasteiger partial charge in [0.2, 0.25) is 11.9 Å². The summed E-state index contributed by atoms with van der Waals surface area (Å²) >= 11 is 6.15. The maximum Gasteiger partial charge on any atom is 0.328 e. The molecular weight excluding hydrogens is 722 g/mol. The first kappa shape index (κ1) is 36.6. The Morgan fingerprint density at radius 3 is 2.42 bits per heavy atom. The Morgan fingerprint density at radius 2 is 1.71 bits per heavy atom. The summed E-state index contributed by atoms with van der Waals surface area (Å²) < 4.78 is 8.14. The summed E-state index contributed by atoms with van der Waals surface area (Å²) in [6, 6.07) is 7.06. The molecule has 1 saturated carbocycles. The average molecular weight is 766 g/mol. The lowest BCUT2D eigenvalue weighted by Gasteiger charge is -2.37. The molecule has 3 aliphatic heterocycles. The van der Waals surface area contributed by atoms with Crippen LogP contribution in [0, 0.1) is 17.2 Å². The molecule has 4 amide bonds. The molecule has 0 radical (unpaired) electrons. The Balaban J connectivity index is 0.760. The van der Waals surface area contributed by atoms with Gasteiger partial charge in [0, 0.05) is 75.6 Å². The number of hydrogen-bond acceptors (Lipinski definition) is 11. The third kappa shape index (κ3) is 8.20. The van der Waals surface area contributed by atoms with Crippen molar-refractivity contribution < 1.29 is 19.1 Å². The zero-order valence-corrected chi connectivity index (χ0v) is 31.3. The van der Waals surface area contributed by atoms with Crippen LogP contribution in [0.25, 0.3) is 10.9 Å². The van der Waals surface area contributed by atoms with E-state index in [9.17, 15) is 14.4 Å². The molecule has 8 rings (SSSR count). The molecule has 16 heteroatoms. The van der Waals surface area contributed by atoms with Crippen molar-refractivity contribution in [3.8, 4) is 11.8 Å². The number of nitriles is 1. The maximum atomic E-state index is 13.0. The van der Waals surface area contributed by atoms with Crippen molar-refractivity contribution in [3.05, 3.63) is 65.3 Å². The van der Waals surface area contributed by atoms with Gasteiger partial charge in [0.1, 0.15) is 11.8 Å². The number of nitrogens with zero attached hydrogens (tertiary/aromatic N) is 9. The Hall–Kier alpha value is -5.33. The van der Waals surface area contributed by atoms with Crippen LogP contribution in [0.3, 0.4) is 0 Å². The highest BCUT2D eigenvalue weighted by atomic mass is 35.5. The van der Waals surface area contributed by atoms with E-state index in [2.05, 4.69) is 46.1 Å². The van der Waals surface area contributed by atoms with E-state index in [0.29, 0.717) is 46.0 Å². The largest absolute Gasteiger partial charge is 0.490 e. The molecule has 4 aliphatic rings. The number of anilines is 2. The van der Waals surface area contributed by atoms with Gasteiger partial charge in [-0.3, -0.25) is 29.5 Å². The van der Waals surface area contributed by atoms with Crippen LogP contribution in [0.4, 0.5) is 16.4 Å². The molecule has 2 N–H and O–H groups in total. The lowest BCUT2D eigenvalue weighted by Crippen LogP contribution is -2.49. The van der Waals surface area contributed by atoms with Gasteiger partial charge in [-0.15, -0.1) is 0 Å². The van der Waals surface area contributed by atoms with Gasteiger partial charge in [-0.25, -0.2) is 14.8 Å². The quantitative estimate of drug-likeness (QED) is 0.238. The molecule has 0 bridgehead atoms. The summed E-state index contributed by atoms with van der Waals surface area (Å²) in [5.74, 6) is 1.49. The van der Waals surface area contributed by atoms with Crippen molar-refractivity contribution in [1.29, 1.82) is 5.26 Å². The smallest absolute Gasteiger partial charge is 0.328 e. The summed E-state index contributed by atoms with van der Waals surface area (Å²) in [4.78, 5) is 57.1. The van der Waals surface area contributed by atoms with Crippen LogP contribution in [0.15, 0.2) is 49.2 Å². The zero-order valence-electron chi connectivity index (χ0n) is 30.6. The monoisotopic (exact) mass is 765 g/mol. The van der Waals surface area contributed by atoms with Crippen molar-refractivity contribution in [2.75, 3.05) is 49.1 Å². The first-order valence-corrected chi connectivity index (χ1v) is 19.6. The summed E-state index contributed by atoms with van der Waals surface area (Å²) in [6.45, 7) is 5.13. The highest BCUT2D eigenvalue weighted by Crippen LogP contribution is 2.33. The maximum absolute atomic E-state index is 13.0. The van der Waals surface area contributed by atoms with Gasteiger partial charge in [0.25, 0.3) is 5.91 Å². The molecule has 1 aliphatic carbocycles. The predicted molar refractivity (Wildman–Crippen MR) is 205 cm³/mol. The number of nitrogens with one attached hydrogen (secondary N) is 2. The Labute approximate surface area is 324 Å². The van der Waals surface area contributed by atoms with E-state index in [0.717, 1.165) is 95.0 Å². The Bertz CT molecular complexity index is 2080. The van der Waals surface area contributed by atoms with E-state index in [1.54, 1.807) is 41.7 Å². The van der Waals surface area contributed by atoms with Crippen LogP contribution in [0.1, 0.15) is 79.8 Å². The van der Waals surface area contributed by atoms with Crippen molar-refractivity contribution in [3.63, 3.8) is 0 Å². The van der Waals surface area contributed by atoms with Gasteiger partial charge < -0.3 is 19.9 Å². The Morgan fingerprint density at radius 1 is 0.945 bits per heavy atom. The molecule has 1 aromatic carbocycles. The first-order chi connectivity index (χ1) is 26.8. The van der Waals surface area contributed by atoms with Gasteiger partial charge in [-0.1, -0.05) is 11.6 Å². The normalized spacial score (nSPS) is 21.7. The molecule has 6 heterocycles. The molecular formula is C39H44ClN11O4. The second kappa shape index (κ2) is 16.2. The molecule has 0 unspecified atom stereocenters. The number of carbonyl (C=O) groups is 3. The minimum absolute atomic E-state index is 0.0342. The summed E-state index contributed by atoms with van der Waals surface area (Å²) in [6.07, 6.45) is 16.2. The van der Waals surface area contributed by atoms with Crippen LogP contribution < -0.4 is 25.2 Å². The number of piperidine rings is 2. The van der Waals surface area contributed by atoms with Crippen LogP contribution in [-0.2, 0) is 4.79 Å². The van der Waals surface area contributed by atoms with Gasteiger partial charge in [-0.2, -0.15) is 10.4 Å². The summed E-state index contributed by atoms with van der Waals surface area (Å²) in [7, 11) is 0. The molecule has 15 nitrogen and oxygen atoms in total. The van der Waals surface area contributed by atoms with Crippen molar-refractivity contribution >= 4 is 52.0 Å². The lowest BCUT2D eigenvalue weighted by molar-refractivity contribution is -0.120. The third-order valence-electron chi connectivity index (χ3n) is 11.4. The van der Waals surface area contributed by atoms with Crippen LogP contribution in [0.5, 0.6) is 5.75 Å². The van der Waals surface area contributed by atoms with E-state index in [1.807, 2.05) is 12.4 Å². The molecule has 286 valence electrons. The van der Waals surface area contributed by atoms with E-state index in [1.165, 1.54) is 0 Å². The topological polar surface area (TPSA) is 174 Å². The predicted octanol–water partition coefficient (Wildman–Crippen LogP) is 4.87. The van der Waals surface area contributed by atoms with Crippen molar-refractivity contribution in [2.45, 2.75) is 76.0 Å². The number of fused-ring (bicyclic) bond motifs is 1. The SMILES string of the molecule is N#Cc1ccc(OC2CCC(NC(=O)c3cnc(N4CCC(CN5CCC(n6ncc7c(N8CCC(=O)NC8=O)cncc76)CC5)CC4)nc3)CC2)cc1Cl. The molecule has 0 spiro atoms. The van der Waals surface area contributed by atoms with E-state index < -0.39 is 6.03 Å². The van der Waals surface area contributed by atoms with E-state index in [4.69, 9.17) is 26.7 Å². The summed E-state index contributed by atoms with van der Waals surface area (Å²) in [5, 5.41) is 20.6. The van der Waals surface area contributed by atoms with Crippen molar-refractivity contribution in [2.24, 2.45) is 5.92 Å². The molecule has 0 atom stereocenters. The number of ether oxygens (including phenoxy) is 1. The number of benzene rings is 1. The molecule has 55 heavy (non-hydrogen) atoms. The standard InChI is InChI=1S/C39H44ClN11O4/c40-33-17-31(4-1-26(33)18-41)55-30-5-2-28(3-6-30)46-37(53)27-19-43-38(44-20-27)49-14-7-25(8-15-49)24-48-12-9-29(10-13-48)51-35-23-42-22-34(32(35)21-45-51)50-16-11-36(52)47-39(50)54/h1,4,17,19-23,25,28-30H,2-3,5-16,24H2,(H,46,53)(H,47,52,54). The number of carbonyl (C=O) groups excluding carboxylic acids is 3. The van der Waals surface area contributed by atoms with Crippen LogP contribution >= 0.6 is 11.6 Å². The number of imide groups is 1. The molecule has 3 saturated heterocycles. The number of halogens is 1. The number of pyridine rings is 1. The average Bonchev–Trinajstić information content (AvgIpc) is 3.64. The van der Waals surface area contributed by atoms with Gasteiger partial charge in [0.15, 0.2) is 0 Å². The number of aromatic nitrogens is 5. The van der Waals surface area contributed by atoms with E-state index >= 15 is 0 Å². The number of urea groups is 1. The van der Waals surface area contributed by atoms with Gasteiger partial charge in [0.05, 0.1) is 58.1 Å². The number of rotatable bonds is 9. The fourth-order valence-electron chi connectivity index (χ4n) is 8.32. The first-order valence-electron chi connectivity index (χ1n) is 19.2.